The highest BCUT2D eigenvalue weighted by Gasteiger charge is 2.27. The van der Waals surface area contributed by atoms with Crippen molar-refractivity contribution in [2.24, 2.45) is 0 Å². The highest BCUT2D eigenvalue weighted by molar-refractivity contribution is 14.1. The maximum Gasteiger partial charge on any atom is 0.181 e. The molecule has 3 nitrogen and oxygen atoms in total. The lowest BCUT2D eigenvalue weighted by Gasteiger charge is -2.16. The Bertz CT molecular complexity index is 688. The van der Waals surface area contributed by atoms with Crippen molar-refractivity contribution in [3.8, 4) is 0 Å². The first-order valence-corrected chi connectivity index (χ1v) is 8.51. The molecule has 1 aliphatic carbocycles. The molecule has 0 fully saturated rings. The van der Waals surface area contributed by atoms with E-state index in [1.54, 1.807) is 0 Å². The topological polar surface area (TPSA) is 34.9 Å². The van der Waals surface area contributed by atoms with E-state index in [0.29, 0.717) is 12.3 Å². The fourth-order valence-corrected chi connectivity index (χ4v) is 3.57. The van der Waals surface area contributed by atoms with Crippen molar-refractivity contribution >= 4 is 28.4 Å². The molecule has 0 saturated carbocycles. The van der Waals surface area contributed by atoms with Crippen molar-refractivity contribution in [1.29, 1.82) is 0 Å². The quantitative estimate of drug-likeness (QED) is 0.733. The predicted molar refractivity (Wildman–Crippen MR) is 91.8 cm³/mol. The Morgan fingerprint density at radius 1 is 1.33 bits per heavy atom. The van der Waals surface area contributed by atoms with Crippen LogP contribution < -0.4 is 0 Å². The molecule has 0 aliphatic heterocycles. The van der Waals surface area contributed by atoms with Crippen molar-refractivity contribution in [2.75, 3.05) is 0 Å². The number of Topliss-reactive ketones (excluding diaryl/α,β-unsaturated/α-hetero) is 1. The van der Waals surface area contributed by atoms with Gasteiger partial charge in [-0.05, 0) is 53.1 Å². The van der Waals surface area contributed by atoms with Gasteiger partial charge in [-0.25, -0.2) is 4.98 Å². The fourth-order valence-electron chi connectivity index (χ4n) is 2.96. The zero-order chi connectivity index (χ0) is 15.0. The molecule has 0 radical (unpaired) electrons. The second-order valence-electron chi connectivity index (χ2n) is 5.91. The molecule has 1 aromatic carbocycles. The minimum atomic E-state index is 0.251. The highest BCUT2D eigenvalue weighted by atomic mass is 127. The van der Waals surface area contributed by atoms with E-state index in [2.05, 4.69) is 65.3 Å². The number of carbonyl (C=O) groups excluding carboxylic acids is 1. The molecule has 0 atom stereocenters. The molecule has 1 aliphatic rings. The van der Waals surface area contributed by atoms with Crippen LogP contribution in [0.1, 0.15) is 60.2 Å². The molecule has 110 valence electrons. The number of hydrogen-bond acceptors (Lipinski definition) is 2. The lowest BCUT2D eigenvalue weighted by Crippen LogP contribution is -2.17. The predicted octanol–water partition coefficient (Wildman–Crippen LogP) is 4.18. The van der Waals surface area contributed by atoms with Gasteiger partial charge in [0.05, 0.1) is 5.69 Å². The van der Waals surface area contributed by atoms with Gasteiger partial charge in [0.1, 0.15) is 11.5 Å². The third-order valence-corrected chi connectivity index (χ3v) is 4.57. The summed E-state index contributed by atoms with van der Waals surface area (Å²) >= 11 is 2.32. The van der Waals surface area contributed by atoms with Gasteiger partial charge >= 0.3 is 0 Å². The number of imidazole rings is 1. The van der Waals surface area contributed by atoms with Crippen LogP contribution in [0.25, 0.3) is 0 Å². The maximum absolute atomic E-state index is 12.3. The highest BCUT2D eigenvalue weighted by Crippen LogP contribution is 2.27. The third-order valence-electron chi connectivity index (χ3n) is 3.90. The van der Waals surface area contributed by atoms with E-state index >= 15 is 0 Å². The molecule has 0 saturated heterocycles. The lowest BCUT2D eigenvalue weighted by atomic mass is 9.99. The first-order chi connectivity index (χ1) is 10.1. The Labute approximate surface area is 138 Å². The molecular weight excluding hydrogens is 375 g/mol. The molecule has 0 bridgehead atoms. The molecule has 0 N–H and O–H groups in total. The summed E-state index contributed by atoms with van der Waals surface area (Å²) in [6.07, 6.45) is 2.52. The maximum atomic E-state index is 12.3. The molecule has 2 aromatic rings. The number of fused-ring (bicyclic) bond motifs is 1. The lowest BCUT2D eigenvalue weighted by molar-refractivity contribution is 0.0963. The van der Waals surface area contributed by atoms with Crippen LogP contribution in [0.2, 0.25) is 0 Å². The van der Waals surface area contributed by atoms with Gasteiger partial charge in [0.25, 0.3) is 0 Å². The molecular formula is C17H19IN2O. The zero-order valence-electron chi connectivity index (χ0n) is 12.4. The number of halogens is 1. The molecule has 21 heavy (non-hydrogen) atoms. The van der Waals surface area contributed by atoms with Gasteiger partial charge in [0.2, 0.25) is 0 Å². The van der Waals surface area contributed by atoms with Gasteiger partial charge in [0.15, 0.2) is 5.78 Å². The second kappa shape index (κ2) is 5.91. The normalized spacial score (nSPS) is 14.6. The average molecular weight is 394 g/mol. The molecule has 0 amide bonds. The van der Waals surface area contributed by atoms with E-state index in [-0.39, 0.29) is 5.78 Å². The Morgan fingerprint density at radius 2 is 2.14 bits per heavy atom. The van der Waals surface area contributed by atoms with Crippen LogP contribution in [0, 0.1) is 3.57 Å². The number of carbonyl (C=O) groups is 1. The van der Waals surface area contributed by atoms with E-state index in [1.807, 2.05) is 0 Å². The van der Waals surface area contributed by atoms with Crippen LogP contribution in [-0.4, -0.2) is 15.3 Å². The third kappa shape index (κ3) is 2.91. The first kappa shape index (κ1) is 14.8. The van der Waals surface area contributed by atoms with E-state index in [1.165, 1.54) is 9.13 Å². The van der Waals surface area contributed by atoms with Gasteiger partial charge in [-0.1, -0.05) is 26.0 Å². The van der Waals surface area contributed by atoms with Crippen LogP contribution in [0.5, 0.6) is 0 Å². The summed E-state index contributed by atoms with van der Waals surface area (Å²) in [5, 5.41) is 0. The standard InChI is InChI=1S/C17H19IN2O/c1-11(2)17-19-14-7-4-8-15(21)16(14)20(17)10-12-5-3-6-13(18)9-12/h3,5-6,9,11H,4,7-8,10H2,1-2H3. The molecule has 1 aromatic heterocycles. The van der Waals surface area contributed by atoms with Crippen LogP contribution in [-0.2, 0) is 13.0 Å². The number of aromatic nitrogens is 2. The number of ketones is 1. The summed E-state index contributed by atoms with van der Waals surface area (Å²) in [5.41, 5.74) is 3.08. The van der Waals surface area contributed by atoms with Crippen LogP contribution in [0.4, 0.5) is 0 Å². The second-order valence-corrected chi connectivity index (χ2v) is 7.16. The van der Waals surface area contributed by atoms with Crippen molar-refractivity contribution < 1.29 is 4.79 Å². The van der Waals surface area contributed by atoms with E-state index in [4.69, 9.17) is 4.98 Å². The van der Waals surface area contributed by atoms with E-state index in [9.17, 15) is 4.79 Å². The van der Waals surface area contributed by atoms with Crippen LogP contribution in [0.15, 0.2) is 24.3 Å². The summed E-state index contributed by atoms with van der Waals surface area (Å²) in [4.78, 5) is 17.1. The molecule has 1 heterocycles. The number of rotatable bonds is 3. The van der Waals surface area contributed by atoms with Crippen molar-refractivity contribution in [1.82, 2.24) is 9.55 Å². The van der Waals surface area contributed by atoms with Crippen LogP contribution >= 0.6 is 22.6 Å². The molecule has 0 spiro atoms. The fraction of sp³-hybridized carbons (Fsp3) is 0.412. The minimum absolute atomic E-state index is 0.251. The Morgan fingerprint density at radius 3 is 2.86 bits per heavy atom. The van der Waals surface area contributed by atoms with Gasteiger partial charge in [0, 0.05) is 22.5 Å². The number of aryl methyl sites for hydroxylation is 1. The van der Waals surface area contributed by atoms with Gasteiger partial charge in [-0.2, -0.15) is 0 Å². The van der Waals surface area contributed by atoms with Gasteiger partial charge in [-0.3, -0.25) is 4.79 Å². The number of nitrogens with zero attached hydrogens (tertiary/aromatic N) is 2. The summed E-state index contributed by atoms with van der Waals surface area (Å²) in [6, 6.07) is 8.44. The number of hydrogen-bond donors (Lipinski definition) is 0. The smallest absolute Gasteiger partial charge is 0.181 e. The summed E-state index contributed by atoms with van der Waals surface area (Å²) in [6.45, 7) is 5.02. The number of benzene rings is 1. The Kier molecular flexibility index (Phi) is 4.15. The monoisotopic (exact) mass is 394 g/mol. The molecule has 3 rings (SSSR count). The molecule has 0 unspecified atom stereocenters. The van der Waals surface area contributed by atoms with Gasteiger partial charge < -0.3 is 4.57 Å². The largest absolute Gasteiger partial charge is 0.321 e. The zero-order valence-corrected chi connectivity index (χ0v) is 14.6. The minimum Gasteiger partial charge on any atom is -0.321 e. The SMILES string of the molecule is CC(C)c1nc2c(n1Cc1cccc(I)c1)C(=O)CCC2. The van der Waals surface area contributed by atoms with Crippen molar-refractivity contribution in [2.45, 2.75) is 45.6 Å². The van der Waals surface area contributed by atoms with E-state index < -0.39 is 0 Å². The van der Waals surface area contributed by atoms with E-state index in [0.717, 1.165) is 36.6 Å². The average Bonchev–Trinajstić information content (AvgIpc) is 2.79. The van der Waals surface area contributed by atoms with Crippen molar-refractivity contribution in [3.05, 3.63) is 50.6 Å². The first-order valence-electron chi connectivity index (χ1n) is 7.43. The molecule has 4 heteroatoms. The summed E-state index contributed by atoms with van der Waals surface area (Å²) in [7, 11) is 0. The van der Waals surface area contributed by atoms with Gasteiger partial charge in [-0.15, -0.1) is 0 Å². The summed E-state index contributed by atoms with van der Waals surface area (Å²) < 4.78 is 3.36. The summed E-state index contributed by atoms with van der Waals surface area (Å²) in [5.74, 6) is 1.61. The Balaban J connectivity index is 2.07. The van der Waals surface area contributed by atoms with Crippen molar-refractivity contribution in [3.63, 3.8) is 0 Å². The van der Waals surface area contributed by atoms with Crippen LogP contribution in [0.3, 0.4) is 0 Å². The Hall–Kier alpha value is -1.17.